The normalized spacial score (nSPS) is 18.8. The topological polar surface area (TPSA) is 63.6 Å². The first-order chi connectivity index (χ1) is 7.80. The van der Waals surface area contributed by atoms with Gasteiger partial charge in [0, 0.05) is 5.56 Å². The van der Waals surface area contributed by atoms with Crippen molar-refractivity contribution in [1.82, 2.24) is 0 Å². The molecule has 1 aromatic rings. The average molecular weight is 234 g/mol. The summed E-state index contributed by atoms with van der Waals surface area (Å²) in [5, 5.41) is 9.83. The quantitative estimate of drug-likeness (QED) is 0.789. The van der Waals surface area contributed by atoms with E-state index in [9.17, 15) is 14.7 Å². The van der Waals surface area contributed by atoms with Gasteiger partial charge in [-0.3, -0.25) is 9.59 Å². The summed E-state index contributed by atoms with van der Waals surface area (Å²) < 4.78 is 5.41. The van der Waals surface area contributed by atoms with E-state index in [1.165, 1.54) is 26.8 Å². The minimum atomic E-state index is -1.24. The van der Waals surface area contributed by atoms with Crippen molar-refractivity contribution >= 4 is 11.6 Å². The van der Waals surface area contributed by atoms with Crippen LogP contribution >= 0.6 is 0 Å². The van der Waals surface area contributed by atoms with Crippen LogP contribution in [0.1, 0.15) is 41.5 Å². The van der Waals surface area contributed by atoms with E-state index in [2.05, 4.69) is 0 Å². The molecule has 1 aliphatic heterocycles. The summed E-state index contributed by atoms with van der Waals surface area (Å²) in [7, 11) is 0. The van der Waals surface area contributed by atoms with Gasteiger partial charge in [0.25, 0.3) is 0 Å². The number of carbonyl (C=O) groups is 2. The van der Waals surface area contributed by atoms with Crippen LogP contribution in [0.15, 0.2) is 18.2 Å². The first-order valence-electron chi connectivity index (χ1n) is 5.39. The fraction of sp³-hybridized carbons (Fsp3) is 0.385. The molecule has 0 radical (unpaired) electrons. The minimum Gasteiger partial charge on any atom is -0.478 e. The van der Waals surface area contributed by atoms with Crippen molar-refractivity contribution in [2.75, 3.05) is 0 Å². The largest absolute Gasteiger partial charge is 0.478 e. The predicted octanol–water partition coefficient (Wildman–Crippen LogP) is 1.60. The Morgan fingerprint density at radius 2 is 2.06 bits per heavy atom. The van der Waals surface area contributed by atoms with E-state index in [1.807, 2.05) is 0 Å². The fourth-order valence-electron chi connectivity index (χ4n) is 1.83. The highest BCUT2D eigenvalue weighted by Gasteiger charge is 2.42. The molecule has 0 aliphatic carbocycles. The summed E-state index contributed by atoms with van der Waals surface area (Å²) in [4.78, 5) is 23.3. The van der Waals surface area contributed by atoms with Gasteiger partial charge in [-0.25, -0.2) is 0 Å². The highest BCUT2D eigenvalue weighted by molar-refractivity contribution is 6.07. The third-order valence-corrected chi connectivity index (χ3v) is 2.78. The monoisotopic (exact) mass is 234 g/mol. The zero-order chi connectivity index (χ0) is 12.8. The number of fused-ring (bicyclic) bond motifs is 1. The molecule has 0 bridgehead atoms. The molecule has 0 fully saturated rings. The average Bonchev–Trinajstić information content (AvgIpc) is 2.55. The van der Waals surface area contributed by atoms with Gasteiger partial charge in [-0.1, -0.05) is 0 Å². The van der Waals surface area contributed by atoms with Gasteiger partial charge in [0.05, 0.1) is 5.56 Å². The summed E-state index contributed by atoms with van der Waals surface area (Å²) in [5.41, 5.74) is -0.408. The molecule has 0 aromatic heterocycles. The number of hydrogen-bond acceptors (Lipinski definition) is 4. The zero-order valence-corrected chi connectivity index (χ0v) is 9.98. The van der Waals surface area contributed by atoms with Crippen LogP contribution in [0, 0.1) is 0 Å². The van der Waals surface area contributed by atoms with Crippen molar-refractivity contribution in [2.45, 2.75) is 32.5 Å². The van der Waals surface area contributed by atoms with Crippen molar-refractivity contribution in [2.24, 2.45) is 0 Å². The number of aliphatic hydroxyl groups is 1. The summed E-state index contributed by atoms with van der Waals surface area (Å²) in [6, 6.07) is 4.72. The smallest absolute Gasteiger partial charge is 0.210 e. The van der Waals surface area contributed by atoms with Gasteiger partial charge in [-0.15, -0.1) is 0 Å². The lowest BCUT2D eigenvalue weighted by Crippen LogP contribution is -2.43. The Morgan fingerprint density at radius 1 is 1.41 bits per heavy atom. The molecule has 4 nitrogen and oxygen atoms in total. The maximum Gasteiger partial charge on any atom is 0.210 e. The molecule has 1 aliphatic rings. The van der Waals surface area contributed by atoms with Crippen LogP contribution < -0.4 is 4.74 Å². The van der Waals surface area contributed by atoms with E-state index >= 15 is 0 Å². The van der Waals surface area contributed by atoms with E-state index in [-0.39, 0.29) is 11.6 Å². The zero-order valence-electron chi connectivity index (χ0n) is 9.98. The third-order valence-electron chi connectivity index (χ3n) is 2.78. The second-order valence-corrected chi connectivity index (χ2v) is 4.78. The van der Waals surface area contributed by atoms with Crippen LogP contribution in [0.3, 0.4) is 0 Å². The summed E-state index contributed by atoms with van der Waals surface area (Å²) >= 11 is 0. The maximum absolute atomic E-state index is 12.0. The van der Waals surface area contributed by atoms with Crippen LogP contribution in [0.2, 0.25) is 0 Å². The van der Waals surface area contributed by atoms with E-state index in [0.717, 1.165) is 0 Å². The van der Waals surface area contributed by atoms with E-state index in [0.29, 0.717) is 16.9 Å². The summed E-state index contributed by atoms with van der Waals surface area (Å²) in [6.07, 6.45) is -0.903. The second kappa shape index (κ2) is 3.67. The molecular formula is C13H14O4. The van der Waals surface area contributed by atoms with Gasteiger partial charge in [0.2, 0.25) is 5.78 Å². The highest BCUT2D eigenvalue weighted by atomic mass is 16.5. The first kappa shape index (κ1) is 11.8. The molecule has 0 spiro atoms. The molecule has 90 valence electrons. The number of ketones is 2. The Labute approximate surface area is 99.2 Å². The van der Waals surface area contributed by atoms with Gasteiger partial charge in [0.1, 0.15) is 11.4 Å². The Hall–Kier alpha value is -1.68. The van der Waals surface area contributed by atoms with E-state index < -0.39 is 11.7 Å². The van der Waals surface area contributed by atoms with Crippen LogP contribution in [0.5, 0.6) is 5.75 Å². The number of carbonyl (C=O) groups excluding carboxylic acids is 2. The summed E-state index contributed by atoms with van der Waals surface area (Å²) in [6.45, 7) is 4.48. The Bertz CT molecular complexity index is 497. The molecule has 17 heavy (non-hydrogen) atoms. The predicted molar refractivity (Wildman–Crippen MR) is 61.5 cm³/mol. The maximum atomic E-state index is 12.0. The van der Waals surface area contributed by atoms with Gasteiger partial charge in [-0.05, 0) is 39.0 Å². The van der Waals surface area contributed by atoms with Crippen molar-refractivity contribution in [3.05, 3.63) is 29.3 Å². The standard InChI is InChI=1S/C13H14O4/c1-7(14)8-4-5-10-9(6-8)11(15)12(17-10)13(2,3)16/h4-6,12,16H,1-3H3. The van der Waals surface area contributed by atoms with E-state index in [1.54, 1.807) is 12.1 Å². The minimum absolute atomic E-state index is 0.104. The molecule has 0 saturated carbocycles. The molecule has 2 rings (SSSR count). The van der Waals surface area contributed by atoms with Gasteiger partial charge < -0.3 is 9.84 Å². The van der Waals surface area contributed by atoms with E-state index in [4.69, 9.17) is 4.74 Å². The lowest BCUT2D eigenvalue weighted by Gasteiger charge is -2.23. The third kappa shape index (κ3) is 1.96. The molecule has 1 unspecified atom stereocenters. The summed E-state index contributed by atoms with van der Waals surface area (Å²) in [5.74, 6) is 0.0371. The van der Waals surface area contributed by atoms with Crippen LogP contribution in [-0.4, -0.2) is 28.4 Å². The van der Waals surface area contributed by atoms with Gasteiger partial charge in [-0.2, -0.15) is 0 Å². The second-order valence-electron chi connectivity index (χ2n) is 4.78. The number of hydrogen-bond donors (Lipinski definition) is 1. The number of benzene rings is 1. The molecular weight excluding hydrogens is 220 g/mol. The lowest BCUT2D eigenvalue weighted by molar-refractivity contribution is -0.0139. The number of Topliss-reactive ketones (excluding diaryl/α,β-unsaturated/α-hetero) is 2. The first-order valence-corrected chi connectivity index (χ1v) is 5.39. The molecule has 1 atom stereocenters. The molecule has 1 N–H and O–H groups in total. The molecule has 1 heterocycles. The highest BCUT2D eigenvalue weighted by Crippen LogP contribution is 2.33. The number of ether oxygens (including phenoxy) is 1. The molecule has 4 heteroatoms. The molecule has 0 amide bonds. The van der Waals surface area contributed by atoms with Crippen molar-refractivity contribution in [1.29, 1.82) is 0 Å². The Balaban J connectivity index is 2.43. The Morgan fingerprint density at radius 3 is 2.59 bits per heavy atom. The van der Waals surface area contributed by atoms with Gasteiger partial charge in [0.15, 0.2) is 11.9 Å². The van der Waals surface area contributed by atoms with Crippen molar-refractivity contribution < 1.29 is 19.4 Å². The van der Waals surface area contributed by atoms with Crippen molar-refractivity contribution in [3.63, 3.8) is 0 Å². The Kier molecular flexibility index (Phi) is 2.54. The fourth-order valence-corrected chi connectivity index (χ4v) is 1.83. The lowest BCUT2D eigenvalue weighted by atomic mass is 9.95. The molecule has 0 saturated heterocycles. The van der Waals surface area contributed by atoms with Gasteiger partial charge >= 0.3 is 0 Å². The van der Waals surface area contributed by atoms with Crippen LogP contribution in [0.4, 0.5) is 0 Å². The molecule has 1 aromatic carbocycles. The van der Waals surface area contributed by atoms with Crippen LogP contribution in [0.25, 0.3) is 0 Å². The number of rotatable bonds is 2. The van der Waals surface area contributed by atoms with Crippen molar-refractivity contribution in [3.8, 4) is 5.75 Å². The van der Waals surface area contributed by atoms with Crippen LogP contribution in [-0.2, 0) is 0 Å². The SMILES string of the molecule is CC(=O)c1ccc2c(c1)C(=O)C(C(C)(C)O)O2.